The molecule has 1 aromatic carbocycles. The second-order valence-corrected chi connectivity index (χ2v) is 11.1. The molecule has 222 valence electrons. The van der Waals surface area contributed by atoms with Crippen LogP contribution in [0.15, 0.2) is 57.7 Å². The molecule has 11 heteroatoms. The molecule has 2 aromatic heterocycles. The highest BCUT2D eigenvalue weighted by molar-refractivity contribution is 7.08. The minimum atomic E-state index is -0.578. The largest absolute Gasteiger partial charge is 0.459 e. The first-order chi connectivity index (χ1) is 20.1. The second-order valence-electron chi connectivity index (χ2n) is 10.3. The lowest BCUT2D eigenvalue weighted by Gasteiger charge is -2.39. The molecule has 5 rings (SSSR count). The molecule has 0 bridgehead atoms. The molecule has 0 aliphatic carbocycles. The normalized spacial score (nSPS) is 21.7. The van der Waals surface area contributed by atoms with Crippen molar-refractivity contribution in [3.05, 3.63) is 69.0 Å². The van der Waals surface area contributed by atoms with Gasteiger partial charge in [0.1, 0.15) is 0 Å². The summed E-state index contributed by atoms with van der Waals surface area (Å²) in [5.41, 5.74) is 2.74. The van der Waals surface area contributed by atoms with Crippen molar-refractivity contribution in [2.24, 2.45) is 5.92 Å². The van der Waals surface area contributed by atoms with Gasteiger partial charge in [0.2, 0.25) is 6.29 Å². The first kappa shape index (κ1) is 29.5. The van der Waals surface area contributed by atoms with Crippen LogP contribution in [0.25, 0.3) is 11.0 Å². The third-order valence-corrected chi connectivity index (χ3v) is 8.50. The lowest BCUT2D eigenvalue weighted by atomic mass is 9.82. The van der Waals surface area contributed by atoms with E-state index in [0.29, 0.717) is 71.1 Å². The summed E-state index contributed by atoms with van der Waals surface area (Å²) in [7, 11) is 0. The number of para-hydroxylation sites is 2. The van der Waals surface area contributed by atoms with E-state index in [-0.39, 0.29) is 36.1 Å². The van der Waals surface area contributed by atoms with Crippen LogP contribution in [0.1, 0.15) is 43.7 Å². The highest BCUT2D eigenvalue weighted by Crippen LogP contribution is 2.40. The van der Waals surface area contributed by atoms with Gasteiger partial charge in [-0.05, 0) is 66.8 Å². The maximum atomic E-state index is 13.7. The highest BCUT2D eigenvalue weighted by Gasteiger charge is 2.39. The third kappa shape index (κ3) is 6.92. The molecule has 2 aliphatic rings. The molecule has 10 nitrogen and oxygen atoms in total. The van der Waals surface area contributed by atoms with Gasteiger partial charge in [0.05, 0.1) is 37.5 Å². The Kier molecular flexibility index (Phi) is 10.3. The summed E-state index contributed by atoms with van der Waals surface area (Å²) in [5, 5.41) is 13.0. The fourth-order valence-electron chi connectivity index (χ4n) is 5.80. The fourth-order valence-corrected chi connectivity index (χ4v) is 6.51. The van der Waals surface area contributed by atoms with Crippen LogP contribution in [0.5, 0.6) is 0 Å². The van der Waals surface area contributed by atoms with Gasteiger partial charge < -0.3 is 33.9 Å². The number of aromatic nitrogens is 2. The molecule has 3 aromatic rings. The first-order valence-corrected chi connectivity index (χ1v) is 15.3. The number of ether oxygens (including phenoxy) is 4. The van der Waals surface area contributed by atoms with Crippen molar-refractivity contribution < 1.29 is 28.8 Å². The topological polar surface area (TPSA) is 115 Å². The maximum absolute atomic E-state index is 13.7. The molecule has 0 spiro atoms. The van der Waals surface area contributed by atoms with Gasteiger partial charge in [0.15, 0.2) is 5.76 Å². The van der Waals surface area contributed by atoms with Gasteiger partial charge in [-0.25, -0.2) is 4.79 Å². The number of imidazole rings is 1. The minimum absolute atomic E-state index is 0.00665. The standard InChI is InChI=1S/C30H39N3O7S/c1-2-39-29-23(9-14-37-16-17-38-15-13-34)24(21-10-18-41-20-21)19-27(40-29)28(35)32-11-7-22(8-12-32)33-26-6-4-3-5-25(26)31-30(33)36/h3-6,10,18-20,22-24,29,34H,2,7-9,11-17H2,1H3,(H,31,36)/t23-,24+,29+/m1/s1. The molecule has 3 atom stereocenters. The zero-order valence-corrected chi connectivity index (χ0v) is 24.2. The van der Waals surface area contributed by atoms with Crippen molar-refractivity contribution in [3.63, 3.8) is 0 Å². The van der Waals surface area contributed by atoms with Gasteiger partial charge in [-0.2, -0.15) is 11.3 Å². The highest BCUT2D eigenvalue weighted by atomic mass is 32.1. The predicted molar refractivity (Wildman–Crippen MR) is 156 cm³/mol. The second kappa shape index (κ2) is 14.3. The number of amides is 1. The van der Waals surface area contributed by atoms with Gasteiger partial charge in [-0.15, -0.1) is 0 Å². The molecule has 4 heterocycles. The Hall–Kier alpha value is -2.96. The van der Waals surface area contributed by atoms with E-state index in [1.807, 2.05) is 52.1 Å². The zero-order chi connectivity index (χ0) is 28.6. The summed E-state index contributed by atoms with van der Waals surface area (Å²) >= 11 is 1.62. The number of benzene rings is 1. The van der Waals surface area contributed by atoms with Gasteiger partial charge in [0, 0.05) is 44.2 Å². The Balaban J connectivity index is 1.26. The van der Waals surface area contributed by atoms with Crippen LogP contribution < -0.4 is 5.69 Å². The van der Waals surface area contributed by atoms with Crippen molar-refractivity contribution in [2.75, 3.05) is 52.7 Å². The van der Waals surface area contributed by atoms with Crippen molar-refractivity contribution in [3.8, 4) is 0 Å². The van der Waals surface area contributed by atoms with Crippen LogP contribution >= 0.6 is 11.3 Å². The number of aliphatic hydroxyl groups is 1. The molecule has 0 radical (unpaired) electrons. The summed E-state index contributed by atoms with van der Waals surface area (Å²) in [4.78, 5) is 31.2. The van der Waals surface area contributed by atoms with E-state index in [0.717, 1.165) is 16.6 Å². The van der Waals surface area contributed by atoms with Gasteiger partial charge >= 0.3 is 5.69 Å². The van der Waals surface area contributed by atoms with Crippen LogP contribution in [0.4, 0.5) is 0 Å². The Morgan fingerprint density at radius 3 is 2.63 bits per heavy atom. The van der Waals surface area contributed by atoms with E-state index >= 15 is 0 Å². The predicted octanol–water partition coefficient (Wildman–Crippen LogP) is 3.65. The smallest absolute Gasteiger partial charge is 0.326 e. The minimum Gasteiger partial charge on any atom is -0.459 e. The summed E-state index contributed by atoms with van der Waals surface area (Å²) in [6.07, 6.45) is 3.43. The van der Waals surface area contributed by atoms with Crippen molar-refractivity contribution in [1.82, 2.24) is 14.5 Å². The molecule has 0 saturated carbocycles. The van der Waals surface area contributed by atoms with E-state index < -0.39 is 6.29 Å². The Bertz CT molecular complexity index is 1340. The van der Waals surface area contributed by atoms with Crippen LogP contribution in [0.3, 0.4) is 0 Å². The number of fused-ring (bicyclic) bond motifs is 1. The van der Waals surface area contributed by atoms with Crippen LogP contribution in [0.2, 0.25) is 0 Å². The number of nitrogens with one attached hydrogen (secondary N) is 1. The average molecular weight is 586 g/mol. The first-order valence-electron chi connectivity index (χ1n) is 14.4. The number of piperidine rings is 1. The molecule has 1 saturated heterocycles. The Morgan fingerprint density at radius 1 is 1.12 bits per heavy atom. The summed E-state index contributed by atoms with van der Waals surface area (Å²) in [5.74, 6) is 0.0911. The molecular weight excluding hydrogens is 546 g/mol. The summed E-state index contributed by atoms with van der Waals surface area (Å²) in [6.45, 7) is 5.11. The fraction of sp³-hybridized carbons (Fsp3) is 0.533. The number of hydrogen-bond donors (Lipinski definition) is 2. The van der Waals surface area contributed by atoms with Gasteiger partial charge in [-0.1, -0.05) is 12.1 Å². The number of H-pyrrole nitrogens is 1. The molecule has 2 aliphatic heterocycles. The Morgan fingerprint density at radius 2 is 1.90 bits per heavy atom. The number of carbonyl (C=O) groups is 1. The average Bonchev–Trinajstić information content (AvgIpc) is 3.64. The third-order valence-electron chi connectivity index (χ3n) is 7.80. The Labute approximate surface area is 243 Å². The number of aromatic amines is 1. The number of thiophene rings is 1. The van der Waals surface area contributed by atoms with Crippen LogP contribution in [-0.2, 0) is 23.7 Å². The van der Waals surface area contributed by atoms with E-state index in [1.54, 1.807) is 11.3 Å². The maximum Gasteiger partial charge on any atom is 0.326 e. The number of aliphatic hydroxyl groups excluding tert-OH is 1. The number of likely N-dealkylation sites (tertiary alicyclic amines) is 1. The lowest BCUT2D eigenvalue weighted by Crippen LogP contribution is -2.44. The summed E-state index contributed by atoms with van der Waals surface area (Å²) < 4.78 is 25.2. The molecule has 1 amide bonds. The van der Waals surface area contributed by atoms with E-state index in [2.05, 4.69) is 16.4 Å². The molecule has 1 fully saturated rings. The summed E-state index contributed by atoms with van der Waals surface area (Å²) in [6, 6.07) is 9.82. The number of nitrogens with zero attached hydrogens (tertiary/aromatic N) is 2. The van der Waals surface area contributed by atoms with Crippen molar-refractivity contribution >= 4 is 28.3 Å². The number of carbonyl (C=O) groups excluding carboxylic acids is 1. The van der Waals surface area contributed by atoms with E-state index in [4.69, 9.17) is 24.1 Å². The quantitative estimate of drug-likeness (QED) is 0.294. The SMILES string of the molecule is CCO[C@H]1OC(C(=O)N2CCC(n3c(=O)[nH]c4ccccc43)CC2)=C[C@@H](c2ccsc2)[C@H]1CCOCCOCCO. The van der Waals surface area contributed by atoms with Crippen molar-refractivity contribution in [1.29, 1.82) is 0 Å². The van der Waals surface area contributed by atoms with Gasteiger partial charge in [-0.3, -0.25) is 9.36 Å². The van der Waals surface area contributed by atoms with Crippen LogP contribution in [0, 0.1) is 5.92 Å². The van der Waals surface area contributed by atoms with E-state index in [9.17, 15) is 9.59 Å². The monoisotopic (exact) mass is 585 g/mol. The van der Waals surface area contributed by atoms with Gasteiger partial charge in [0.25, 0.3) is 5.91 Å². The molecule has 0 unspecified atom stereocenters. The molecular formula is C30H39N3O7S. The number of rotatable bonds is 13. The number of allylic oxidation sites excluding steroid dienone is 1. The molecule has 2 N–H and O–H groups in total. The lowest BCUT2D eigenvalue weighted by molar-refractivity contribution is -0.172. The van der Waals surface area contributed by atoms with E-state index in [1.165, 1.54) is 0 Å². The number of hydrogen-bond acceptors (Lipinski definition) is 8. The molecule has 41 heavy (non-hydrogen) atoms. The van der Waals surface area contributed by atoms with Crippen LogP contribution in [-0.4, -0.2) is 84.5 Å². The van der Waals surface area contributed by atoms with Crippen molar-refractivity contribution in [2.45, 2.75) is 44.4 Å². The zero-order valence-electron chi connectivity index (χ0n) is 23.4.